The van der Waals surface area contributed by atoms with Crippen molar-refractivity contribution in [1.29, 1.82) is 5.26 Å². The number of para-hydroxylation sites is 1. The van der Waals surface area contributed by atoms with Crippen LogP contribution in [-0.4, -0.2) is 16.8 Å². The summed E-state index contributed by atoms with van der Waals surface area (Å²) in [7, 11) is 0. The molecule has 1 atom stereocenters. The molecule has 1 aliphatic rings. The van der Waals surface area contributed by atoms with Gasteiger partial charge in [0.2, 0.25) is 11.8 Å². The van der Waals surface area contributed by atoms with Crippen molar-refractivity contribution in [3.8, 4) is 34.7 Å². The van der Waals surface area contributed by atoms with Gasteiger partial charge in [0, 0.05) is 11.1 Å². The van der Waals surface area contributed by atoms with Gasteiger partial charge in [0.25, 0.3) is 0 Å². The second-order valence-electron chi connectivity index (χ2n) is 8.43. The Morgan fingerprint density at radius 2 is 1.75 bits per heavy atom. The molecule has 0 radical (unpaired) electrons. The van der Waals surface area contributed by atoms with Crippen LogP contribution in [0.4, 0.5) is 0 Å². The fraction of sp³-hybridized carbons (Fsp3) is 0.172. The Morgan fingerprint density at radius 3 is 2.50 bits per heavy atom. The van der Waals surface area contributed by atoms with E-state index in [1.165, 1.54) is 0 Å². The van der Waals surface area contributed by atoms with Gasteiger partial charge in [-0.05, 0) is 42.3 Å². The zero-order chi connectivity index (χ0) is 24.9. The van der Waals surface area contributed by atoms with Gasteiger partial charge in [0.15, 0.2) is 0 Å². The third kappa shape index (κ3) is 4.49. The molecule has 36 heavy (non-hydrogen) atoms. The molecule has 3 aromatic carbocycles. The third-order valence-corrected chi connectivity index (χ3v) is 6.02. The normalized spacial score (nSPS) is 14.5. The molecule has 1 aromatic heterocycles. The minimum absolute atomic E-state index is 0.0363. The van der Waals surface area contributed by atoms with Crippen LogP contribution in [0.15, 0.2) is 90.3 Å². The summed E-state index contributed by atoms with van der Waals surface area (Å²) >= 11 is 0. The summed E-state index contributed by atoms with van der Waals surface area (Å²) in [4.78, 5) is 0. The topological polar surface area (TPSA) is 106 Å². The molecule has 1 aliphatic heterocycles. The van der Waals surface area contributed by atoms with Crippen molar-refractivity contribution in [3.05, 3.63) is 107 Å². The highest BCUT2D eigenvalue weighted by molar-refractivity contribution is 5.72. The van der Waals surface area contributed by atoms with Crippen LogP contribution in [-0.2, 0) is 6.61 Å². The van der Waals surface area contributed by atoms with Crippen LogP contribution >= 0.6 is 0 Å². The number of fused-ring (bicyclic) bond motifs is 1. The molecule has 7 nitrogen and oxygen atoms in total. The lowest BCUT2D eigenvalue weighted by atomic mass is 9.82. The van der Waals surface area contributed by atoms with Gasteiger partial charge in [-0.1, -0.05) is 55.5 Å². The molecule has 2 heterocycles. The number of hydrogen-bond donors (Lipinski definition) is 2. The number of aromatic amines is 1. The monoisotopic (exact) mass is 478 g/mol. The van der Waals surface area contributed by atoms with E-state index in [1.807, 2.05) is 78.9 Å². The average Bonchev–Trinajstić information content (AvgIpc) is 3.34. The predicted molar refractivity (Wildman–Crippen MR) is 136 cm³/mol. The van der Waals surface area contributed by atoms with E-state index in [-0.39, 0.29) is 5.88 Å². The van der Waals surface area contributed by atoms with E-state index >= 15 is 0 Å². The quantitative estimate of drug-likeness (QED) is 0.338. The van der Waals surface area contributed by atoms with E-state index < -0.39 is 5.92 Å². The predicted octanol–water partition coefficient (Wildman–Crippen LogP) is 5.66. The van der Waals surface area contributed by atoms with Crippen LogP contribution < -0.4 is 19.9 Å². The first-order valence-electron chi connectivity index (χ1n) is 11.8. The van der Waals surface area contributed by atoms with Gasteiger partial charge >= 0.3 is 0 Å². The molecule has 7 heteroatoms. The number of nitrogens with one attached hydrogen (secondary N) is 1. The van der Waals surface area contributed by atoms with Crippen molar-refractivity contribution in [2.45, 2.75) is 25.9 Å². The van der Waals surface area contributed by atoms with Crippen LogP contribution in [0.2, 0.25) is 0 Å². The Hall–Kier alpha value is -4.70. The van der Waals surface area contributed by atoms with Gasteiger partial charge in [-0.3, -0.25) is 5.10 Å². The lowest BCUT2D eigenvalue weighted by Gasteiger charge is -2.25. The van der Waals surface area contributed by atoms with Crippen molar-refractivity contribution < 1.29 is 14.2 Å². The molecular formula is C29H26N4O3. The van der Waals surface area contributed by atoms with E-state index in [0.29, 0.717) is 30.4 Å². The van der Waals surface area contributed by atoms with Gasteiger partial charge in [-0.25, -0.2) is 0 Å². The third-order valence-electron chi connectivity index (χ3n) is 6.02. The molecule has 0 aliphatic carbocycles. The van der Waals surface area contributed by atoms with E-state index in [4.69, 9.17) is 19.9 Å². The van der Waals surface area contributed by atoms with Crippen molar-refractivity contribution in [3.63, 3.8) is 0 Å². The summed E-state index contributed by atoms with van der Waals surface area (Å²) in [6.07, 6.45) is 0.936. The number of H-pyrrole nitrogens is 1. The molecular weight excluding hydrogens is 452 g/mol. The highest BCUT2D eigenvalue weighted by Crippen LogP contribution is 2.48. The van der Waals surface area contributed by atoms with Gasteiger partial charge in [0.05, 0.1) is 23.8 Å². The van der Waals surface area contributed by atoms with E-state index in [0.717, 1.165) is 40.1 Å². The molecule has 4 aromatic rings. The zero-order valence-corrected chi connectivity index (χ0v) is 19.9. The Labute approximate surface area is 209 Å². The highest BCUT2D eigenvalue weighted by Gasteiger charge is 2.37. The molecule has 0 spiro atoms. The Morgan fingerprint density at radius 1 is 1.00 bits per heavy atom. The van der Waals surface area contributed by atoms with Crippen molar-refractivity contribution in [2.24, 2.45) is 5.73 Å². The lowest BCUT2D eigenvalue weighted by molar-refractivity contribution is 0.301. The molecule has 0 saturated heterocycles. The minimum Gasteiger partial charge on any atom is -0.494 e. The van der Waals surface area contributed by atoms with Crippen molar-refractivity contribution in [2.75, 3.05) is 6.61 Å². The zero-order valence-electron chi connectivity index (χ0n) is 19.9. The van der Waals surface area contributed by atoms with Crippen molar-refractivity contribution >= 4 is 0 Å². The SMILES string of the molecule is CCCOc1ccc(-c2[nH]nc3c2C(c2ccccc2OCc2ccccc2)C(C#N)=C(N)O3)cc1. The summed E-state index contributed by atoms with van der Waals surface area (Å²) in [5.41, 5.74) is 10.7. The van der Waals surface area contributed by atoms with E-state index in [2.05, 4.69) is 23.2 Å². The number of ether oxygens (including phenoxy) is 3. The fourth-order valence-corrected chi connectivity index (χ4v) is 4.30. The maximum absolute atomic E-state index is 10.1. The molecule has 0 bridgehead atoms. The maximum atomic E-state index is 10.1. The Bertz CT molecular complexity index is 1420. The molecule has 3 N–H and O–H groups in total. The number of hydrogen-bond acceptors (Lipinski definition) is 6. The summed E-state index contributed by atoms with van der Waals surface area (Å²) in [5.74, 6) is 1.32. The molecule has 5 rings (SSSR count). The van der Waals surface area contributed by atoms with Gasteiger partial charge in [-0.2, -0.15) is 5.26 Å². The molecule has 0 amide bonds. The number of rotatable bonds is 8. The average molecular weight is 479 g/mol. The second kappa shape index (κ2) is 10.3. The van der Waals surface area contributed by atoms with Crippen LogP contribution in [0.1, 0.15) is 36.0 Å². The Balaban J connectivity index is 1.56. The molecule has 180 valence electrons. The summed E-state index contributed by atoms with van der Waals surface area (Å²) in [5, 5.41) is 17.5. The number of allylic oxidation sites excluding steroid dienone is 1. The minimum atomic E-state index is -0.518. The summed E-state index contributed by atoms with van der Waals surface area (Å²) < 4.78 is 17.7. The summed E-state index contributed by atoms with van der Waals surface area (Å²) in [6.45, 7) is 3.12. The van der Waals surface area contributed by atoms with E-state index in [9.17, 15) is 5.26 Å². The number of aromatic nitrogens is 2. The number of benzene rings is 3. The smallest absolute Gasteiger partial charge is 0.244 e. The summed E-state index contributed by atoms with van der Waals surface area (Å²) in [6, 6.07) is 27.6. The van der Waals surface area contributed by atoms with Crippen LogP contribution in [0.3, 0.4) is 0 Å². The van der Waals surface area contributed by atoms with Gasteiger partial charge in [-0.15, -0.1) is 5.10 Å². The van der Waals surface area contributed by atoms with E-state index in [1.54, 1.807) is 0 Å². The largest absolute Gasteiger partial charge is 0.494 e. The number of nitrogens with zero attached hydrogens (tertiary/aromatic N) is 2. The lowest BCUT2D eigenvalue weighted by Crippen LogP contribution is -2.21. The van der Waals surface area contributed by atoms with Gasteiger partial charge < -0.3 is 19.9 Å². The molecule has 1 unspecified atom stereocenters. The van der Waals surface area contributed by atoms with Crippen LogP contribution in [0.25, 0.3) is 11.3 Å². The highest BCUT2D eigenvalue weighted by atomic mass is 16.5. The Kier molecular flexibility index (Phi) is 6.59. The standard InChI is InChI=1S/C29H26N4O3/c1-2-16-34-21-14-12-20(13-15-21)27-26-25(23(17-30)28(31)36-29(26)33-32-27)22-10-6-7-11-24(22)35-18-19-8-4-3-5-9-19/h3-15,25H,2,16,18,31H2,1H3,(H,32,33). The van der Waals surface area contributed by atoms with Gasteiger partial charge in [0.1, 0.15) is 29.7 Å². The van der Waals surface area contributed by atoms with Crippen LogP contribution in [0, 0.1) is 11.3 Å². The number of nitriles is 1. The van der Waals surface area contributed by atoms with Crippen molar-refractivity contribution in [1.82, 2.24) is 10.2 Å². The maximum Gasteiger partial charge on any atom is 0.244 e. The fourth-order valence-electron chi connectivity index (χ4n) is 4.30. The molecule has 0 fully saturated rings. The first-order chi connectivity index (χ1) is 17.7. The number of nitrogens with two attached hydrogens (primary N) is 1. The first kappa shape index (κ1) is 23.1. The first-order valence-corrected chi connectivity index (χ1v) is 11.8. The van der Waals surface area contributed by atoms with Crippen LogP contribution in [0.5, 0.6) is 17.4 Å². The molecule has 0 saturated carbocycles. The second-order valence-corrected chi connectivity index (χ2v) is 8.43.